The van der Waals surface area contributed by atoms with Crippen LogP contribution in [0.5, 0.6) is 0 Å². The zero-order valence-corrected chi connectivity index (χ0v) is 14.1. The maximum absolute atomic E-state index is 12.9. The summed E-state index contributed by atoms with van der Waals surface area (Å²) in [6.07, 6.45) is 2.59. The molecule has 0 aliphatic carbocycles. The van der Waals surface area contributed by atoms with Crippen molar-refractivity contribution in [2.24, 2.45) is 0 Å². The lowest BCUT2D eigenvalue weighted by molar-refractivity contribution is 0.151. The molecule has 0 saturated heterocycles. The molecule has 2 heterocycles. The first-order chi connectivity index (χ1) is 13.2. The molecular formula is C20H15F2N5. The second-order valence-electron chi connectivity index (χ2n) is 5.78. The van der Waals surface area contributed by atoms with Gasteiger partial charge in [0.25, 0.3) is 6.43 Å². The maximum Gasteiger partial charge on any atom is 0.263 e. The number of hydrogen-bond acceptors (Lipinski definition) is 4. The van der Waals surface area contributed by atoms with Crippen molar-refractivity contribution in [1.29, 1.82) is 0 Å². The first-order valence-electron chi connectivity index (χ1n) is 8.28. The van der Waals surface area contributed by atoms with Crippen molar-refractivity contribution in [1.82, 2.24) is 19.5 Å². The average molecular weight is 363 g/mol. The minimum atomic E-state index is -2.53. The fourth-order valence-corrected chi connectivity index (χ4v) is 2.71. The Labute approximate surface area is 154 Å². The molecule has 0 aliphatic rings. The lowest BCUT2D eigenvalue weighted by Gasteiger charge is -2.10. The predicted molar refractivity (Wildman–Crippen MR) is 99.3 cm³/mol. The average Bonchev–Trinajstić information content (AvgIpc) is 3.19. The number of nitrogens with one attached hydrogen (secondary N) is 1. The summed E-state index contributed by atoms with van der Waals surface area (Å²) in [6.45, 7) is 0. The minimum Gasteiger partial charge on any atom is -0.324 e. The van der Waals surface area contributed by atoms with E-state index in [9.17, 15) is 8.78 Å². The van der Waals surface area contributed by atoms with Crippen LogP contribution in [0.4, 0.5) is 20.4 Å². The minimum absolute atomic E-state index is 0.0582. The summed E-state index contributed by atoms with van der Waals surface area (Å²) in [5, 5.41) is 2.97. The zero-order chi connectivity index (χ0) is 18.6. The van der Waals surface area contributed by atoms with Crippen LogP contribution in [0.15, 0.2) is 79.3 Å². The highest BCUT2D eigenvalue weighted by Gasteiger charge is 2.11. The number of rotatable bonds is 5. The van der Waals surface area contributed by atoms with Gasteiger partial charge in [-0.2, -0.15) is 4.98 Å². The molecule has 134 valence electrons. The van der Waals surface area contributed by atoms with E-state index in [0.29, 0.717) is 17.5 Å². The lowest BCUT2D eigenvalue weighted by atomic mass is 10.2. The molecule has 0 radical (unpaired) electrons. The number of imidazole rings is 1. The van der Waals surface area contributed by atoms with Crippen molar-refractivity contribution in [3.8, 4) is 17.2 Å². The molecule has 1 N–H and O–H groups in total. The third-order valence-corrected chi connectivity index (χ3v) is 3.96. The van der Waals surface area contributed by atoms with E-state index in [1.807, 2.05) is 41.1 Å². The Morgan fingerprint density at radius 3 is 2.56 bits per heavy atom. The molecule has 0 amide bonds. The Morgan fingerprint density at radius 1 is 0.889 bits per heavy atom. The number of hydrogen-bond donors (Lipinski definition) is 1. The molecule has 0 aliphatic heterocycles. The molecule has 2 aromatic carbocycles. The second-order valence-corrected chi connectivity index (χ2v) is 5.78. The van der Waals surface area contributed by atoms with Crippen LogP contribution in [-0.4, -0.2) is 19.5 Å². The summed E-state index contributed by atoms with van der Waals surface area (Å²) < 4.78 is 27.6. The zero-order valence-electron chi connectivity index (χ0n) is 14.1. The SMILES string of the molecule is FC(F)c1cccc(Nc2nccc(-n3ccnc3-c3ccccc3)n2)c1. The van der Waals surface area contributed by atoms with Crippen LogP contribution in [0.3, 0.4) is 0 Å². The molecule has 4 aromatic rings. The first kappa shape index (κ1) is 16.8. The van der Waals surface area contributed by atoms with Crippen molar-refractivity contribution in [3.63, 3.8) is 0 Å². The van der Waals surface area contributed by atoms with Crippen LogP contribution in [0.25, 0.3) is 17.2 Å². The van der Waals surface area contributed by atoms with Gasteiger partial charge in [-0.05, 0) is 18.2 Å². The number of benzene rings is 2. The van der Waals surface area contributed by atoms with E-state index in [1.54, 1.807) is 30.6 Å². The molecule has 5 nitrogen and oxygen atoms in total. The van der Waals surface area contributed by atoms with Crippen LogP contribution in [-0.2, 0) is 0 Å². The van der Waals surface area contributed by atoms with Crippen molar-refractivity contribution < 1.29 is 8.78 Å². The highest BCUT2D eigenvalue weighted by molar-refractivity contribution is 5.59. The van der Waals surface area contributed by atoms with Gasteiger partial charge < -0.3 is 5.32 Å². The highest BCUT2D eigenvalue weighted by Crippen LogP contribution is 2.24. The second kappa shape index (κ2) is 7.33. The molecule has 0 saturated carbocycles. The number of halogens is 2. The lowest BCUT2D eigenvalue weighted by Crippen LogP contribution is -2.03. The van der Waals surface area contributed by atoms with Gasteiger partial charge in [0, 0.05) is 35.4 Å². The van der Waals surface area contributed by atoms with Gasteiger partial charge in [-0.3, -0.25) is 4.57 Å². The van der Waals surface area contributed by atoms with E-state index >= 15 is 0 Å². The molecule has 7 heteroatoms. The van der Waals surface area contributed by atoms with Crippen molar-refractivity contribution in [2.75, 3.05) is 5.32 Å². The van der Waals surface area contributed by atoms with Crippen LogP contribution in [0.1, 0.15) is 12.0 Å². The Morgan fingerprint density at radius 2 is 1.74 bits per heavy atom. The first-order valence-corrected chi connectivity index (χ1v) is 8.28. The number of nitrogens with zero attached hydrogens (tertiary/aromatic N) is 4. The van der Waals surface area contributed by atoms with E-state index in [4.69, 9.17) is 0 Å². The highest BCUT2D eigenvalue weighted by atomic mass is 19.3. The molecule has 27 heavy (non-hydrogen) atoms. The monoisotopic (exact) mass is 363 g/mol. The molecule has 4 rings (SSSR count). The Kier molecular flexibility index (Phi) is 4.57. The summed E-state index contributed by atoms with van der Waals surface area (Å²) >= 11 is 0. The van der Waals surface area contributed by atoms with Gasteiger partial charge in [0.15, 0.2) is 0 Å². The molecule has 0 bridgehead atoms. The van der Waals surface area contributed by atoms with E-state index in [-0.39, 0.29) is 5.56 Å². The molecule has 0 unspecified atom stereocenters. The molecule has 2 aromatic heterocycles. The van der Waals surface area contributed by atoms with Crippen LogP contribution < -0.4 is 5.32 Å². The van der Waals surface area contributed by atoms with E-state index < -0.39 is 6.43 Å². The summed E-state index contributed by atoms with van der Waals surface area (Å²) in [5.74, 6) is 1.68. The van der Waals surface area contributed by atoms with Gasteiger partial charge in [-0.25, -0.2) is 18.7 Å². The van der Waals surface area contributed by atoms with E-state index in [1.165, 1.54) is 12.1 Å². The number of anilines is 2. The maximum atomic E-state index is 12.9. The van der Waals surface area contributed by atoms with Gasteiger partial charge in [0.1, 0.15) is 11.6 Å². The molecular weight excluding hydrogens is 348 g/mol. The van der Waals surface area contributed by atoms with Crippen LogP contribution in [0, 0.1) is 0 Å². The van der Waals surface area contributed by atoms with Gasteiger partial charge in [-0.15, -0.1) is 0 Å². The van der Waals surface area contributed by atoms with Crippen molar-refractivity contribution in [3.05, 3.63) is 84.8 Å². The summed E-state index contributed by atoms with van der Waals surface area (Å²) in [6, 6.07) is 17.5. The van der Waals surface area contributed by atoms with Crippen LogP contribution in [0.2, 0.25) is 0 Å². The summed E-state index contributed by atoms with van der Waals surface area (Å²) in [4.78, 5) is 13.1. The smallest absolute Gasteiger partial charge is 0.263 e. The van der Waals surface area contributed by atoms with Gasteiger partial charge in [0.05, 0.1) is 0 Å². The molecule has 0 atom stereocenters. The number of aromatic nitrogens is 4. The summed E-state index contributed by atoms with van der Waals surface area (Å²) in [7, 11) is 0. The van der Waals surface area contributed by atoms with Gasteiger partial charge >= 0.3 is 0 Å². The largest absolute Gasteiger partial charge is 0.324 e. The van der Waals surface area contributed by atoms with Gasteiger partial charge in [0.2, 0.25) is 5.95 Å². The van der Waals surface area contributed by atoms with Crippen LogP contribution >= 0.6 is 0 Å². The molecule has 0 fully saturated rings. The normalized spacial score (nSPS) is 10.9. The van der Waals surface area contributed by atoms with Crippen molar-refractivity contribution in [2.45, 2.75) is 6.43 Å². The summed E-state index contributed by atoms with van der Waals surface area (Å²) in [5.41, 5.74) is 1.40. The Bertz CT molecular complexity index is 1050. The van der Waals surface area contributed by atoms with E-state index in [0.717, 1.165) is 11.4 Å². The fraction of sp³-hybridized carbons (Fsp3) is 0.0500. The topological polar surface area (TPSA) is 55.6 Å². The molecule has 0 spiro atoms. The van der Waals surface area contributed by atoms with Crippen molar-refractivity contribution >= 4 is 11.6 Å². The standard InChI is InChI=1S/C20H15F2N5/c21-18(22)15-7-4-8-16(13-15)25-20-24-10-9-17(26-20)27-12-11-23-19(27)14-5-2-1-3-6-14/h1-13,18H,(H,24,25,26). The van der Waals surface area contributed by atoms with E-state index in [2.05, 4.69) is 20.3 Å². The number of alkyl halides is 2. The Balaban J connectivity index is 1.65. The third kappa shape index (κ3) is 3.67. The quantitative estimate of drug-likeness (QED) is 0.541. The third-order valence-electron chi connectivity index (χ3n) is 3.96. The predicted octanol–water partition coefficient (Wildman–Crippen LogP) is 5.01. The fourth-order valence-electron chi connectivity index (χ4n) is 2.71. The Hall–Kier alpha value is -3.61. The van der Waals surface area contributed by atoms with Gasteiger partial charge in [-0.1, -0.05) is 42.5 Å².